The van der Waals surface area contributed by atoms with Crippen LogP contribution in [0.25, 0.3) is 0 Å². The molecule has 3 atom stereocenters. The zero-order valence-electron chi connectivity index (χ0n) is 11.5. The van der Waals surface area contributed by atoms with Gasteiger partial charge in [0.1, 0.15) is 5.75 Å². The molecule has 5 heteroatoms. The van der Waals surface area contributed by atoms with E-state index < -0.39 is 6.10 Å². The highest BCUT2D eigenvalue weighted by Crippen LogP contribution is 2.24. The number of rotatable bonds is 5. The number of halogens is 1. The van der Waals surface area contributed by atoms with Gasteiger partial charge in [-0.1, -0.05) is 28.4 Å². The summed E-state index contributed by atoms with van der Waals surface area (Å²) < 4.78 is 6.51. The smallest absolute Gasteiger partial charge is 0.260 e. The Bertz CT molecular complexity index is 466. The van der Waals surface area contributed by atoms with Crippen molar-refractivity contribution < 1.29 is 14.6 Å². The van der Waals surface area contributed by atoms with Crippen molar-refractivity contribution in [2.45, 2.75) is 38.4 Å². The number of aliphatic hydroxyl groups excluding tert-OH is 1. The molecule has 110 valence electrons. The van der Waals surface area contributed by atoms with Crippen LogP contribution in [0.3, 0.4) is 0 Å². The SMILES string of the molecule is CC(Oc1cccc(Br)c1)C(=O)NCC1CCCC1O. The van der Waals surface area contributed by atoms with Gasteiger partial charge in [-0.2, -0.15) is 0 Å². The molecule has 0 aromatic heterocycles. The highest BCUT2D eigenvalue weighted by molar-refractivity contribution is 9.10. The Balaban J connectivity index is 1.80. The van der Waals surface area contributed by atoms with Crippen LogP contribution in [0.4, 0.5) is 0 Å². The fourth-order valence-electron chi connectivity index (χ4n) is 2.43. The van der Waals surface area contributed by atoms with Crippen LogP contribution in [0, 0.1) is 5.92 Å². The molecule has 0 bridgehead atoms. The molecule has 3 unspecified atom stereocenters. The minimum absolute atomic E-state index is 0.149. The molecule has 1 aromatic rings. The Morgan fingerprint density at radius 2 is 2.35 bits per heavy atom. The van der Waals surface area contributed by atoms with Crippen molar-refractivity contribution in [3.05, 3.63) is 28.7 Å². The van der Waals surface area contributed by atoms with Crippen LogP contribution < -0.4 is 10.1 Å². The van der Waals surface area contributed by atoms with Crippen molar-refractivity contribution in [1.29, 1.82) is 0 Å². The van der Waals surface area contributed by atoms with Crippen LogP contribution in [-0.4, -0.2) is 29.8 Å². The number of amides is 1. The quantitative estimate of drug-likeness (QED) is 0.864. The lowest BCUT2D eigenvalue weighted by Crippen LogP contribution is -2.40. The van der Waals surface area contributed by atoms with Gasteiger partial charge < -0.3 is 15.2 Å². The second kappa shape index (κ2) is 7.09. The van der Waals surface area contributed by atoms with Gasteiger partial charge in [0.15, 0.2) is 6.10 Å². The molecular formula is C15H20BrNO3. The fourth-order valence-corrected chi connectivity index (χ4v) is 2.81. The van der Waals surface area contributed by atoms with Crippen LogP contribution in [0.1, 0.15) is 26.2 Å². The summed E-state index contributed by atoms with van der Waals surface area (Å²) in [7, 11) is 0. The molecule has 2 N–H and O–H groups in total. The molecule has 1 aliphatic carbocycles. The minimum Gasteiger partial charge on any atom is -0.481 e. The average Bonchev–Trinajstić information content (AvgIpc) is 2.81. The van der Waals surface area contributed by atoms with Gasteiger partial charge in [0, 0.05) is 16.9 Å². The summed E-state index contributed by atoms with van der Waals surface area (Å²) in [5, 5.41) is 12.6. The first-order chi connectivity index (χ1) is 9.56. The summed E-state index contributed by atoms with van der Waals surface area (Å²) in [5.74, 6) is 0.684. The average molecular weight is 342 g/mol. The Kier molecular flexibility index (Phi) is 5.43. The van der Waals surface area contributed by atoms with Crippen LogP contribution in [0.5, 0.6) is 5.75 Å². The third kappa shape index (κ3) is 4.21. The molecule has 1 aromatic carbocycles. The molecular weight excluding hydrogens is 322 g/mol. The minimum atomic E-state index is -0.553. The normalized spacial score (nSPS) is 23.4. The highest BCUT2D eigenvalue weighted by Gasteiger charge is 2.26. The van der Waals surface area contributed by atoms with E-state index in [2.05, 4.69) is 21.2 Å². The number of nitrogens with one attached hydrogen (secondary N) is 1. The molecule has 20 heavy (non-hydrogen) atoms. The van der Waals surface area contributed by atoms with Crippen molar-refractivity contribution in [3.8, 4) is 5.75 Å². The number of ether oxygens (including phenoxy) is 1. The van der Waals surface area contributed by atoms with Crippen molar-refractivity contribution in [1.82, 2.24) is 5.32 Å². The predicted octanol–water partition coefficient (Wildman–Crippen LogP) is 2.49. The van der Waals surface area contributed by atoms with Gasteiger partial charge in [-0.05, 0) is 38.0 Å². The van der Waals surface area contributed by atoms with Gasteiger partial charge in [-0.25, -0.2) is 0 Å². The van der Waals surface area contributed by atoms with Crippen LogP contribution in [0.2, 0.25) is 0 Å². The molecule has 0 radical (unpaired) electrons. The molecule has 0 heterocycles. The standard InChI is InChI=1S/C15H20BrNO3/c1-10(20-13-6-3-5-12(16)8-13)15(19)17-9-11-4-2-7-14(11)18/h3,5-6,8,10-11,14,18H,2,4,7,9H2,1H3,(H,17,19). The lowest BCUT2D eigenvalue weighted by Gasteiger charge is -2.18. The van der Waals surface area contributed by atoms with Gasteiger partial charge >= 0.3 is 0 Å². The Labute approximate surface area is 127 Å². The third-order valence-electron chi connectivity index (χ3n) is 3.64. The molecule has 0 saturated heterocycles. The summed E-state index contributed by atoms with van der Waals surface area (Å²) in [6.45, 7) is 2.24. The van der Waals surface area contributed by atoms with E-state index in [4.69, 9.17) is 4.74 Å². The van der Waals surface area contributed by atoms with Gasteiger partial charge in [0.25, 0.3) is 5.91 Å². The second-order valence-electron chi connectivity index (χ2n) is 5.22. The number of benzene rings is 1. The Hall–Kier alpha value is -1.07. The maximum Gasteiger partial charge on any atom is 0.260 e. The van der Waals surface area contributed by atoms with E-state index in [0.29, 0.717) is 12.3 Å². The first-order valence-corrected chi connectivity index (χ1v) is 7.73. The zero-order chi connectivity index (χ0) is 14.5. The van der Waals surface area contributed by atoms with E-state index in [0.717, 1.165) is 23.7 Å². The molecule has 1 fully saturated rings. The van der Waals surface area contributed by atoms with E-state index in [9.17, 15) is 9.90 Å². The number of carbonyl (C=O) groups is 1. The molecule has 1 amide bonds. The van der Waals surface area contributed by atoms with E-state index in [1.807, 2.05) is 24.3 Å². The van der Waals surface area contributed by atoms with Crippen molar-refractivity contribution in [3.63, 3.8) is 0 Å². The lowest BCUT2D eigenvalue weighted by molar-refractivity contribution is -0.127. The summed E-state index contributed by atoms with van der Waals surface area (Å²) in [6, 6.07) is 7.40. The molecule has 0 spiro atoms. The zero-order valence-corrected chi connectivity index (χ0v) is 13.1. The topological polar surface area (TPSA) is 58.6 Å². The first kappa shape index (κ1) is 15.3. The van der Waals surface area contributed by atoms with Gasteiger partial charge in [-0.3, -0.25) is 4.79 Å². The largest absolute Gasteiger partial charge is 0.481 e. The second-order valence-corrected chi connectivity index (χ2v) is 6.14. The van der Waals surface area contributed by atoms with E-state index in [1.165, 1.54) is 0 Å². The van der Waals surface area contributed by atoms with Crippen molar-refractivity contribution >= 4 is 21.8 Å². The number of aliphatic hydroxyl groups is 1. The summed E-state index contributed by atoms with van der Waals surface area (Å²) >= 11 is 3.36. The van der Waals surface area contributed by atoms with E-state index in [1.54, 1.807) is 6.92 Å². The summed E-state index contributed by atoms with van der Waals surface area (Å²) in [4.78, 5) is 12.0. The molecule has 4 nitrogen and oxygen atoms in total. The van der Waals surface area contributed by atoms with Crippen LogP contribution in [-0.2, 0) is 4.79 Å². The number of carbonyl (C=O) groups excluding carboxylic acids is 1. The molecule has 2 rings (SSSR count). The summed E-state index contributed by atoms with van der Waals surface area (Å²) in [6.07, 6.45) is 2.01. The lowest BCUT2D eigenvalue weighted by atomic mass is 10.1. The maximum atomic E-state index is 12.0. The Morgan fingerprint density at radius 1 is 1.55 bits per heavy atom. The Morgan fingerprint density at radius 3 is 3.00 bits per heavy atom. The van der Waals surface area contributed by atoms with Gasteiger partial charge in [0.05, 0.1) is 6.10 Å². The van der Waals surface area contributed by atoms with Crippen LogP contribution >= 0.6 is 15.9 Å². The number of hydrogen-bond acceptors (Lipinski definition) is 3. The van der Waals surface area contributed by atoms with E-state index in [-0.39, 0.29) is 17.9 Å². The maximum absolute atomic E-state index is 12.0. The number of hydrogen-bond donors (Lipinski definition) is 2. The van der Waals surface area contributed by atoms with Crippen molar-refractivity contribution in [2.75, 3.05) is 6.54 Å². The highest BCUT2D eigenvalue weighted by atomic mass is 79.9. The fraction of sp³-hybridized carbons (Fsp3) is 0.533. The predicted molar refractivity (Wildman–Crippen MR) is 80.6 cm³/mol. The summed E-state index contributed by atoms with van der Waals surface area (Å²) in [5.41, 5.74) is 0. The van der Waals surface area contributed by atoms with Crippen molar-refractivity contribution in [2.24, 2.45) is 5.92 Å². The molecule has 1 saturated carbocycles. The first-order valence-electron chi connectivity index (χ1n) is 6.94. The van der Waals surface area contributed by atoms with E-state index >= 15 is 0 Å². The van der Waals surface area contributed by atoms with Gasteiger partial charge in [0.2, 0.25) is 0 Å². The third-order valence-corrected chi connectivity index (χ3v) is 4.13. The van der Waals surface area contributed by atoms with Gasteiger partial charge in [-0.15, -0.1) is 0 Å². The molecule has 1 aliphatic rings. The monoisotopic (exact) mass is 341 g/mol. The van der Waals surface area contributed by atoms with Crippen LogP contribution in [0.15, 0.2) is 28.7 Å². The molecule has 0 aliphatic heterocycles.